The van der Waals surface area contributed by atoms with Gasteiger partial charge in [-0.2, -0.15) is 5.10 Å². The predicted octanol–water partition coefficient (Wildman–Crippen LogP) is 3.86. The summed E-state index contributed by atoms with van der Waals surface area (Å²) in [5.41, 5.74) is 0.463. The zero-order chi connectivity index (χ0) is 14.7. The molecular formula is C15H24ClN3O. The summed E-state index contributed by atoms with van der Waals surface area (Å²) in [6.07, 6.45) is 7.75. The maximum atomic E-state index is 12.1. The van der Waals surface area contributed by atoms with Crippen molar-refractivity contribution in [2.24, 2.45) is 5.92 Å². The lowest BCUT2D eigenvalue weighted by Gasteiger charge is -2.30. The van der Waals surface area contributed by atoms with Crippen molar-refractivity contribution in [2.45, 2.75) is 65.0 Å². The fraction of sp³-hybridized carbons (Fsp3) is 0.733. The van der Waals surface area contributed by atoms with Gasteiger partial charge < -0.3 is 5.32 Å². The lowest BCUT2D eigenvalue weighted by atomic mass is 9.84. The summed E-state index contributed by atoms with van der Waals surface area (Å²) in [5.74, 6) is 0.781. The molecule has 0 amide bonds. The lowest BCUT2D eigenvalue weighted by Crippen LogP contribution is -2.30. The first-order chi connectivity index (χ1) is 9.52. The zero-order valence-electron chi connectivity index (χ0n) is 12.5. The van der Waals surface area contributed by atoms with Crippen LogP contribution < -0.4 is 10.9 Å². The second-order valence-electron chi connectivity index (χ2n) is 6.00. The first-order valence-electron chi connectivity index (χ1n) is 7.56. The fourth-order valence-electron chi connectivity index (χ4n) is 2.93. The van der Waals surface area contributed by atoms with Gasteiger partial charge in [0.2, 0.25) is 0 Å². The molecule has 4 nitrogen and oxygen atoms in total. The third kappa shape index (κ3) is 3.35. The normalized spacial score (nSPS) is 23.1. The van der Waals surface area contributed by atoms with Crippen LogP contribution in [0.15, 0.2) is 11.0 Å². The number of halogens is 1. The molecule has 2 atom stereocenters. The number of nitrogens with zero attached hydrogens (tertiary/aromatic N) is 2. The topological polar surface area (TPSA) is 46.9 Å². The third-order valence-electron chi connectivity index (χ3n) is 4.15. The van der Waals surface area contributed by atoms with Crippen molar-refractivity contribution in [1.29, 1.82) is 0 Å². The Morgan fingerprint density at radius 3 is 2.90 bits per heavy atom. The Morgan fingerprint density at radius 1 is 1.50 bits per heavy atom. The quantitative estimate of drug-likeness (QED) is 0.918. The molecule has 1 fully saturated rings. The molecule has 2 unspecified atom stereocenters. The van der Waals surface area contributed by atoms with E-state index in [4.69, 9.17) is 11.6 Å². The highest BCUT2D eigenvalue weighted by Gasteiger charge is 2.22. The summed E-state index contributed by atoms with van der Waals surface area (Å²) in [5, 5.41) is 7.87. The van der Waals surface area contributed by atoms with Crippen LogP contribution in [0.2, 0.25) is 5.02 Å². The van der Waals surface area contributed by atoms with Gasteiger partial charge in [-0.15, -0.1) is 0 Å². The van der Waals surface area contributed by atoms with E-state index in [1.165, 1.54) is 23.9 Å². The smallest absolute Gasteiger partial charge is 0.287 e. The van der Waals surface area contributed by atoms with Crippen LogP contribution >= 0.6 is 11.6 Å². The maximum Gasteiger partial charge on any atom is 0.287 e. The van der Waals surface area contributed by atoms with Gasteiger partial charge in [0, 0.05) is 6.04 Å². The molecule has 1 N–H and O–H groups in total. The van der Waals surface area contributed by atoms with E-state index in [2.05, 4.69) is 17.3 Å². The van der Waals surface area contributed by atoms with Crippen LogP contribution in [-0.2, 0) is 0 Å². The van der Waals surface area contributed by atoms with Crippen molar-refractivity contribution in [2.75, 3.05) is 5.32 Å². The second-order valence-corrected chi connectivity index (χ2v) is 6.38. The van der Waals surface area contributed by atoms with Gasteiger partial charge in [0.15, 0.2) is 0 Å². The molecule has 1 heterocycles. The molecule has 0 bridgehead atoms. The van der Waals surface area contributed by atoms with Gasteiger partial charge in [-0.05, 0) is 32.6 Å². The Balaban J connectivity index is 2.14. The van der Waals surface area contributed by atoms with Gasteiger partial charge in [-0.1, -0.05) is 37.8 Å². The Bertz CT molecular complexity index is 512. The van der Waals surface area contributed by atoms with Crippen molar-refractivity contribution in [3.63, 3.8) is 0 Å². The van der Waals surface area contributed by atoms with Crippen molar-refractivity contribution < 1.29 is 0 Å². The van der Waals surface area contributed by atoms with Gasteiger partial charge in [0.1, 0.15) is 5.02 Å². The number of nitrogens with one attached hydrogen (secondary N) is 1. The van der Waals surface area contributed by atoms with Crippen LogP contribution in [-0.4, -0.2) is 15.8 Å². The molecule has 1 aromatic heterocycles. The second kappa shape index (κ2) is 6.61. The first-order valence-corrected chi connectivity index (χ1v) is 7.94. The number of aromatic nitrogens is 2. The van der Waals surface area contributed by atoms with Crippen molar-refractivity contribution in [3.8, 4) is 0 Å². The van der Waals surface area contributed by atoms with Gasteiger partial charge >= 0.3 is 0 Å². The molecule has 0 radical (unpaired) electrons. The van der Waals surface area contributed by atoms with E-state index in [-0.39, 0.29) is 16.6 Å². The Hall–Kier alpha value is -1.03. The van der Waals surface area contributed by atoms with Crippen LogP contribution in [0.25, 0.3) is 0 Å². The van der Waals surface area contributed by atoms with E-state index in [9.17, 15) is 4.79 Å². The van der Waals surface area contributed by atoms with E-state index >= 15 is 0 Å². The van der Waals surface area contributed by atoms with E-state index in [1.807, 2.05) is 13.8 Å². The van der Waals surface area contributed by atoms with E-state index in [0.717, 1.165) is 18.8 Å². The first kappa shape index (κ1) is 15.4. The van der Waals surface area contributed by atoms with Crippen LogP contribution in [0.1, 0.15) is 58.9 Å². The molecule has 0 aromatic carbocycles. The standard InChI is InChI=1S/C15H24ClN3O/c1-4-11-6-5-7-12(8-11)18-13-9-17-19(10(2)3)15(20)14(13)16/h9-12,18H,4-8H2,1-3H3. The molecule has 2 rings (SSSR count). The van der Waals surface area contributed by atoms with Gasteiger partial charge in [-0.25, -0.2) is 4.68 Å². The van der Waals surface area contributed by atoms with Crippen LogP contribution in [0.4, 0.5) is 5.69 Å². The molecule has 1 aliphatic carbocycles. The highest BCUT2D eigenvalue weighted by molar-refractivity contribution is 6.32. The lowest BCUT2D eigenvalue weighted by molar-refractivity contribution is 0.327. The van der Waals surface area contributed by atoms with Crippen LogP contribution in [0, 0.1) is 5.92 Å². The Kier molecular flexibility index (Phi) is 5.08. The average molecular weight is 298 g/mol. The molecule has 20 heavy (non-hydrogen) atoms. The Morgan fingerprint density at radius 2 is 2.25 bits per heavy atom. The van der Waals surface area contributed by atoms with E-state index in [1.54, 1.807) is 6.20 Å². The summed E-state index contributed by atoms with van der Waals surface area (Å²) in [6.45, 7) is 6.08. The molecule has 1 aliphatic rings. The monoisotopic (exact) mass is 297 g/mol. The summed E-state index contributed by atoms with van der Waals surface area (Å²) in [7, 11) is 0. The van der Waals surface area contributed by atoms with Gasteiger partial charge in [0.05, 0.1) is 17.9 Å². The molecule has 0 aliphatic heterocycles. The minimum absolute atomic E-state index is 0.0215. The van der Waals surface area contributed by atoms with Crippen LogP contribution in [0.3, 0.4) is 0 Å². The molecule has 0 saturated heterocycles. The molecule has 0 spiro atoms. The minimum atomic E-state index is -0.213. The highest BCUT2D eigenvalue weighted by atomic mass is 35.5. The summed E-state index contributed by atoms with van der Waals surface area (Å²) in [4.78, 5) is 12.1. The van der Waals surface area contributed by atoms with Crippen molar-refractivity contribution >= 4 is 17.3 Å². The molecule has 1 saturated carbocycles. The summed E-state index contributed by atoms with van der Waals surface area (Å²) < 4.78 is 1.42. The predicted molar refractivity (Wildman–Crippen MR) is 83.6 cm³/mol. The van der Waals surface area contributed by atoms with E-state index < -0.39 is 0 Å². The summed E-state index contributed by atoms with van der Waals surface area (Å²) in [6, 6.07) is 0.426. The van der Waals surface area contributed by atoms with E-state index in [0.29, 0.717) is 11.7 Å². The van der Waals surface area contributed by atoms with Gasteiger partial charge in [-0.3, -0.25) is 4.79 Å². The zero-order valence-corrected chi connectivity index (χ0v) is 13.3. The molecule has 1 aromatic rings. The molecular weight excluding hydrogens is 274 g/mol. The SMILES string of the molecule is CCC1CCCC(Nc2cnn(C(C)C)c(=O)c2Cl)C1. The average Bonchev–Trinajstić information content (AvgIpc) is 2.44. The highest BCUT2D eigenvalue weighted by Crippen LogP contribution is 2.29. The maximum absolute atomic E-state index is 12.1. The number of hydrogen-bond acceptors (Lipinski definition) is 3. The molecule has 5 heteroatoms. The van der Waals surface area contributed by atoms with Crippen molar-refractivity contribution in [3.05, 3.63) is 21.6 Å². The fourth-order valence-corrected chi connectivity index (χ4v) is 3.12. The van der Waals surface area contributed by atoms with Crippen molar-refractivity contribution in [1.82, 2.24) is 9.78 Å². The molecule has 112 valence electrons. The van der Waals surface area contributed by atoms with Gasteiger partial charge in [0.25, 0.3) is 5.56 Å². The summed E-state index contributed by atoms with van der Waals surface area (Å²) >= 11 is 6.20. The number of rotatable bonds is 4. The largest absolute Gasteiger partial charge is 0.380 e. The third-order valence-corrected chi connectivity index (χ3v) is 4.52. The minimum Gasteiger partial charge on any atom is -0.380 e. The Labute approximate surface area is 125 Å². The van der Waals surface area contributed by atoms with Crippen LogP contribution in [0.5, 0.6) is 0 Å². The number of anilines is 1. The number of hydrogen-bond donors (Lipinski definition) is 1.